The number of halogens is 3. The Labute approximate surface area is 184 Å². The minimum Gasteiger partial charge on any atom is -0.367 e. The molecule has 2 N–H and O–H groups in total. The van der Waals surface area contributed by atoms with Gasteiger partial charge in [-0.2, -0.15) is 0 Å². The minimum atomic E-state index is -0.541. The van der Waals surface area contributed by atoms with E-state index < -0.39 is 11.6 Å². The molecule has 0 spiro atoms. The standard InChI is InChI=1S/C20H31F2N5.HI/c1-3-23-20(24-12-15-7-9-26(4-2)13-15)25-17-8-10-27(14-17)19-6-5-16(21)11-18(19)22;/h5-6,11,15,17H,3-4,7-10,12-14H2,1-2H3,(H2,23,24,25);1H. The lowest BCUT2D eigenvalue weighted by molar-refractivity contribution is 0.343. The van der Waals surface area contributed by atoms with Crippen LogP contribution in [0.4, 0.5) is 14.5 Å². The predicted octanol–water partition coefficient (Wildman–Crippen LogP) is 3.06. The van der Waals surface area contributed by atoms with Crippen LogP contribution < -0.4 is 15.5 Å². The van der Waals surface area contributed by atoms with Crippen molar-refractivity contribution in [2.45, 2.75) is 32.7 Å². The van der Waals surface area contributed by atoms with Gasteiger partial charge in [-0.1, -0.05) is 6.92 Å². The Hall–Kier alpha value is -1.16. The fourth-order valence-corrected chi connectivity index (χ4v) is 3.92. The molecule has 158 valence electrons. The smallest absolute Gasteiger partial charge is 0.191 e. The Morgan fingerprint density at radius 1 is 1.18 bits per heavy atom. The zero-order chi connectivity index (χ0) is 19.2. The zero-order valence-corrected chi connectivity index (χ0v) is 19.1. The van der Waals surface area contributed by atoms with Crippen LogP contribution in [0.2, 0.25) is 0 Å². The molecule has 2 aliphatic heterocycles. The van der Waals surface area contributed by atoms with Crippen molar-refractivity contribution in [3.8, 4) is 0 Å². The van der Waals surface area contributed by atoms with Crippen molar-refractivity contribution in [3.63, 3.8) is 0 Å². The largest absolute Gasteiger partial charge is 0.367 e. The minimum absolute atomic E-state index is 0. The highest BCUT2D eigenvalue weighted by atomic mass is 127. The van der Waals surface area contributed by atoms with Gasteiger partial charge in [-0.15, -0.1) is 24.0 Å². The highest BCUT2D eigenvalue weighted by molar-refractivity contribution is 14.0. The number of hydrogen-bond donors (Lipinski definition) is 2. The average Bonchev–Trinajstić information content (AvgIpc) is 3.29. The van der Waals surface area contributed by atoms with Crippen LogP contribution in [-0.2, 0) is 0 Å². The highest BCUT2D eigenvalue weighted by Crippen LogP contribution is 2.24. The maximum Gasteiger partial charge on any atom is 0.191 e. The quantitative estimate of drug-likeness (QED) is 0.353. The van der Waals surface area contributed by atoms with Crippen molar-refractivity contribution in [1.29, 1.82) is 0 Å². The van der Waals surface area contributed by atoms with Gasteiger partial charge in [0.15, 0.2) is 5.96 Å². The van der Waals surface area contributed by atoms with Crippen molar-refractivity contribution in [2.24, 2.45) is 10.9 Å². The Kier molecular flexibility index (Phi) is 9.20. The van der Waals surface area contributed by atoms with E-state index in [-0.39, 0.29) is 30.0 Å². The maximum absolute atomic E-state index is 14.0. The third-order valence-electron chi connectivity index (χ3n) is 5.45. The molecule has 0 aliphatic carbocycles. The average molecular weight is 507 g/mol. The second kappa shape index (κ2) is 11.1. The van der Waals surface area contributed by atoms with Gasteiger partial charge >= 0.3 is 0 Å². The zero-order valence-electron chi connectivity index (χ0n) is 16.8. The maximum atomic E-state index is 14.0. The SMILES string of the molecule is CCNC(=NCC1CCN(CC)C1)NC1CCN(c2ccc(F)cc2F)C1.I. The lowest BCUT2D eigenvalue weighted by Gasteiger charge is -2.21. The number of likely N-dealkylation sites (tertiary alicyclic amines) is 1. The van der Waals surface area contributed by atoms with Crippen LogP contribution in [-0.4, -0.2) is 62.7 Å². The molecule has 3 rings (SSSR count). The van der Waals surface area contributed by atoms with Crippen LogP contribution in [0, 0.1) is 17.6 Å². The normalized spacial score (nSPS) is 23.0. The molecule has 2 unspecified atom stereocenters. The number of nitrogens with one attached hydrogen (secondary N) is 2. The van der Waals surface area contributed by atoms with Crippen LogP contribution >= 0.6 is 24.0 Å². The van der Waals surface area contributed by atoms with Gasteiger partial charge in [0.05, 0.1) is 5.69 Å². The number of hydrogen-bond acceptors (Lipinski definition) is 3. The van der Waals surface area contributed by atoms with E-state index in [4.69, 9.17) is 4.99 Å². The van der Waals surface area contributed by atoms with E-state index in [1.165, 1.54) is 25.1 Å². The number of anilines is 1. The summed E-state index contributed by atoms with van der Waals surface area (Å²) in [6, 6.07) is 3.98. The number of rotatable bonds is 6. The first kappa shape index (κ1) is 23.1. The molecule has 2 fully saturated rings. The molecule has 1 aromatic carbocycles. The Balaban J connectivity index is 0.00000280. The molecule has 0 radical (unpaired) electrons. The number of guanidine groups is 1. The first-order chi connectivity index (χ1) is 13.1. The number of benzene rings is 1. The third-order valence-corrected chi connectivity index (χ3v) is 5.45. The monoisotopic (exact) mass is 507 g/mol. The summed E-state index contributed by atoms with van der Waals surface area (Å²) in [5.41, 5.74) is 0.466. The van der Waals surface area contributed by atoms with Gasteiger partial charge in [-0.3, -0.25) is 4.99 Å². The Morgan fingerprint density at radius 3 is 2.68 bits per heavy atom. The molecule has 2 atom stereocenters. The van der Waals surface area contributed by atoms with Gasteiger partial charge in [0.1, 0.15) is 11.6 Å². The van der Waals surface area contributed by atoms with Gasteiger partial charge in [-0.05, 0) is 50.9 Å². The first-order valence-electron chi connectivity index (χ1n) is 10.1. The van der Waals surface area contributed by atoms with E-state index in [1.54, 1.807) is 0 Å². The fourth-order valence-electron chi connectivity index (χ4n) is 3.92. The van der Waals surface area contributed by atoms with Crippen LogP contribution in [0.25, 0.3) is 0 Å². The third kappa shape index (κ3) is 6.17. The van der Waals surface area contributed by atoms with Crippen molar-refractivity contribution >= 4 is 35.6 Å². The molecule has 0 saturated carbocycles. The summed E-state index contributed by atoms with van der Waals surface area (Å²) < 4.78 is 27.2. The molecule has 2 aliphatic rings. The molecule has 8 heteroatoms. The Bertz CT molecular complexity index is 657. The lowest BCUT2D eigenvalue weighted by Crippen LogP contribution is -2.45. The fraction of sp³-hybridized carbons (Fsp3) is 0.650. The topological polar surface area (TPSA) is 42.9 Å². The van der Waals surface area contributed by atoms with Crippen LogP contribution in [0.3, 0.4) is 0 Å². The van der Waals surface area contributed by atoms with Gasteiger partial charge in [0, 0.05) is 44.8 Å². The highest BCUT2D eigenvalue weighted by Gasteiger charge is 2.26. The van der Waals surface area contributed by atoms with E-state index in [9.17, 15) is 8.78 Å². The molecule has 2 heterocycles. The summed E-state index contributed by atoms with van der Waals surface area (Å²) >= 11 is 0. The summed E-state index contributed by atoms with van der Waals surface area (Å²) in [7, 11) is 0. The molecule has 0 bridgehead atoms. The van der Waals surface area contributed by atoms with Gasteiger partial charge in [-0.25, -0.2) is 8.78 Å². The van der Waals surface area contributed by atoms with Crippen LogP contribution in [0.1, 0.15) is 26.7 Å². The molecule has 28 heavy (non-hydrogen) atoms. The predicted molar refractivity (Wildman–Crippen MR) is 122 cm³/mol. The van der Waals surface area contributed by atoms with Crippen molar-refractivity contribution in [1.82, 2.24) is 15.5 Å². The van der Waals surface area contributed by atoms with Crippen LogP contribution in [0.5, 0.6) is 0 Å². The summed E-state index contributed by atoms with van der Waals surface area (Å²) in [6.07, 6.45) is 2.10. The number of aliphatic imine (C=N–C) groups is 1. The van der Waals surface area contributed by atoms with E-state index in [1.807, 2.05) is 4.90 Å². The van der Waals surface area contributed by atoms with Crippen molar-refractivity contribution in [3.05, 3.63) is 29.8 Å². The summed E-state index contributed by atoms with van der Waals surface area (Å²) in [6.45, 7) is 10.7. The lowest BCUT2D eigenvalue weighted by atomic mass is 10.1. The second-order valence-corrected chi connectivity index (χ2v) is 7.44. The Morgan fingerprint density at radius 2 is 2.00 bits per heavy atom. The van der Waals surface area contributed by atoms with E-state index in [0.717, 1.165) is 51.2 Å². The van der Waals surface area contributed by atoms with Crippen molar-refractivity contribution < 1.29 is 8.78 Å². The second-order valence-electron chi connectivity index (χ2n) is 7.44. The van der Waals surface area contributed by atoms with Gasteiger partial charge in [0.25, 0.3) is 0 Å². The van der Waals surface area contributed by atoms with E-state index >= 15 is 0 Å². The molecular formula is C20H32F2IN5. The molecular weight excluding hydrogens is 475 g/mol. The van der Waals surface area contributed by atoms with Gasteiger partial charge < -0.3 is 20.4 Å². The molecule has 2 saturated heterocycles. The van der Waals surface area contributed by atoms with Gasteiger partial charge in [0.2, 0.25) is 0 Å². The van der Waals surface area contributed by atoms with Crippen molar-refractivity contribution in [2.75, 3.05) is 50.7 Å². The van der Waals surface area contributed by atoms with E-state index in [0.29, 0.717) is 18.2 Å². The summed E-state index contributed by atoms with van der Waals surface area (Å²) in [4.78, 5) is 9.21. The summed E-state index contributed by atoms with van der Waals surface area (Å²) in [5, 5.41) is 6.80. The molecule has 1 aromatic rings. The summed E-state index contributed by atoms with van der Waals surface area (Å²) in [5.74, 6) is 0.408. The first-order valence-corrected chi connectivity index (χ1v) is 10.1. The molecule has 0 aromatic heterocycles. The number of nitrogens with zero attached hydrogens (tertiary/aromatic N) is 3. The molecule has 0 amide bonds. The van der Waals surface area contributed by atoms with E-state index in [2.05, 4.69) is 29.4 Å². The molecule has 5 nitrogen and oxygen atoms in total. The van der Waals surface area contributed by atoms with Crippen LogP contribution in [0.15, 0.2) is 23.2 Å².